The zero-order chi connectivity index (χ0) is 7.07. The van der Waals surface area contributed by atoms with Gasteiger partial charge in [-0.25, -0.2) is 0 Å². The maximum Gasteiger partial charge on any atom is -0.0349 e. The van der Waals surface area contributed by atoms with Gasteiger partial charge in [0.2, 0.25) is 0 Å². The van der Waals surface area contributed by atoms with Gasteiger partial charge in [0.05, 0.1) is 0 Å². The van der Waals surface area contributed by atoms with E-state index in [2.05, 4.69) is 27.7 Å². The van der Waals surface area contributed by atoms with Crippen LogP contribution < -0.4 is 0 Å². The van der Waals surface area contributed by atoms with Gasteiger partial charge < -0.3 is 0 Å². The van der Waals surface area contributed by atoms with Gasteiger partial charge in [-0.1, -0.05) is 27.7 Å². The minimum Gasteiger partial charge on any atom is -0.0622 e. The number of hydrogen-bond donors (Lipinski definition) is 0. The van der Waals surface area contributed by atoms with Crippen LogP contribution in [0.25, 0.3) is 0 Å². The van der Waals surface area contributed by atoms with E-state index < -0.39 is 0 Å². The van der Waals surface area contributed by atoms with Crippen molar-refractivity contribution in [2.75, 3.05) is 0 Å². The molecule has 0 bridgehead atoms. The largest absolute Gasteiger partial charge is 0.0622 e. The molecule has 0 aromatic rings. The van der Waals surface area contributed by atoms with Gasteiger partial charge in [0.25, 0.3) is 0 Å². The van der Waals surface area contributed by atoms with Crippen molar-refractivity contribution in [3.05, 3.63) is 0 Å². The summed E-state index contributed by atoms with van der Waals surface area (Å²) < 4.78 is 0. The van der Waals surface area contributed by atoms with Crippen molar-refractivity contribution in [1.82, 2.24) is 0 Å². The van der Waals surface area contributed by atoms with Crippen LogP contribution in [-0.2, 0) is 0 Å². The van der Waals surface area contributed by atoms with E-state index in [0.717, 1.165) is 11.8 Å². The standard InChI is InChI=1S/C9H18/c1-7-5-9(3,4)6-8(7)2/h7-8H,5-6H2,1-4H3. The Morgan fingerprint density at radius 2 is 1.33 bits per heavy atom. The molecule has 1 aliphatic rings. The molecule has 1 aliphatic carbocycles. The Morgan fingerprint density at radius 1 is 1.00 bits per heavy atom. The van der Waals surface area contributed by atoms with Crippen LogP contribution in [0.1, 0.15) is 40.5 Å². The van der Waals surface area contributed by atoms with Crippen LogP contribution >= 0.6 is 0 Å². The quantitative estimate of drug-likeness (QED) is 0.468. The molecule has 2 atom stereocenters. The van der Waals surface area contributed by atoms with Crippen molar-refractivity contribution >= 4 is 0 Å². The summed E-state index contributed by atoms with van der Waals surface area (Å²) in [5.74, 6) is 1.92. The second-order valence-corrected chi connectivity index (χ2v) is 4.53. The molecule has 0 spiro atoms. The highest BCUT2D eigenvalue weighted by Gasteiger charge is 2.33. The van der Waals surface area contributed by atoms with Crippen molar-refractivity contribution in [2.45, 2.75) is 40.5 Å². The molecule has 0 saturated heterocycles. The maximum absolute atomic E-state index is 2.38. The summed E-state index contributed by atoms with van der Waals surface area (Å²) in [7, 11) is 0. The Labute approximate surface area is 58.7 Å². The highest BCUT2D eigenvalue weighted by molar-refractivity contribution is 4.84. The highest BCUT2D eigenvalue weighted by Crippen LogP contribution is 2.44. The lowest BCUT2D eigenvalue weighted by Gasteiger charge is -2.15. The van der Waals surface area contributed by atoms with Gasteiger partial charge in [-0.15, -0.1) is 0 Å². The lowest BCUT2D eigenvalue weighted by molar-refractivity contribution is 0.363. The molecule has 0 aromatic carbocycles. The first-order valence-electron chi connectivity index (χ1n) is 4.01. The van der Waals surface area contributed by atoms with Crippen molar-refractivity contribution in [3.8, 4) is 0 Å². The fourth-order valence-corrected chi connectivity index (χ4v) is 2.23. The normalized spacial score (nSPS) is 41.3. The van der Waals surface area contributed by atoms with Crippen molar-refractivity contribution < 1.29 is 0 Å². The summed E-state index contributed by atoms with van der Waals surface area (Å²) in [6.45, 7) is 9.51. The summed E-state index contributed by atoms with van der Waals surface area (Å²) >= 11 is 0. The van der Waals surface area contributed by atoms with Gasteiger partial charge in [0.1, 0.15) is 0 Å². The lowest BCUT2D eigenvalue weighted by atomic mass is 9.91. The van der Waals surface area contributed by atoms with E-state index in [4.69, 9.17) is 0 Å². The minimum atomic E-state index is 0.638. The van der Waals surface area contributed by atoms with Crippen LogP contribution in [0.5, 0.6) is 0 Å². The van der Waals surface area contributed by atoms with Crippen LogP contribution in [0.15, 0.2) is 0 Å². The Hall–Kier alpha value is 0. The molecule has 0 N–H and O–H groups in total. The fraction of sp³-hybridized carbons (Fsp3) is 1.00. The molecule has 1 rings (SSSR count). The summed E-state index contributed by atoms with van der Waals surface area (Å²) in [5, 5.41) is 0. The predicted molar refractivity (Wildman–Crippen MR) is 41.3 cm³/mol. The van der Waals surface area contributed by atoms with Gasteiger partial charge >= 0.3 is 0 Å². The van der Waals surface area contributed by atoms with Crippen molar-refractivity contribution in [1.29, 1.82) is 0 Å². The molecule has 1 saturated carbocycles. The molecule has 9 heavy (non-hydrogen) atoms. The molecular weight excluding hydrogens is 108 g/mol. The molecule has 54 valence electrons. The Morgan fingerprint density at radius 3 is 1.44 bits per heavy atom. The molecule has 0 aliphatic heterocycles. The van der Waals surface area contributed by atoms with E-state index in [-0.39, 0.29) is 0 Å². The first-order chi connectivity index (χ1) is 4.01. The topological polar surface area (TPSA) is 0 Å². The third kappa shape index (κ3) is 1.47. The summed E-state index contributed by atoms with van der Waals surface area (Å²) in [6.07, 6.45) is 2.85. The molecule has 0 nitrogen and oxygen atoms in total. The van der Waals surface area contributed by atoms with Crippen molar-refractivity contribution in [2.24, 2.45) is 17.3 Å². The van der Waals surface area contributed by atoms with Gasteiger partial charge in [0.15, 0.2) is 0 Å². The molecule has 0 radical (unpaired) electrons. The van der Waals surface area contributed by atoms with E-state index in [1.165, 1.54) is 12.8 Å². The lowest BCUT2D eigenvalue weighted by Crippen LogP contribution is -2.03. The van der Waals surface area contributed by atoms with E-state index in [1.54, 1.807) is 0 Å². The summed E-state index contributed by atoms with van der Waals surface area (Å²) in [6, 6.07) is 0. The van der Waals surface area contributed by atoms with E-state index in [0.29, 0.717) is 5.41 Å². The van der Waals surface area contributed by atoms with Crippen LogP contribution in [0.3, 0.4) is 0 Å². The zero-order valence-corrected chi connectivity index (χ0v) is 7.07. The molecule has 0 heterocycles. The van der Waals surface area contributed by atoms with Gasteiger partial charge in [0, 0.05) is 0 Å². The molecule has 1 fully saturated rings. The van der Waals surface area contributed by atoms with E-state index in [9.17, 15) is 0 Å². The smallest absolute Gasteiger partial charge is 0.0349 e. The van der Waals surface area contributed by atoms with E-state index in [1.807, 2.05) is 0 Å². The maximum atomic E-state index is 2.38. The third-order valence-corrected chi connectivity index (χ3v) is 2.72. The van der Waals surface area contributed by atoms with Gasteiger partial charge in [-0.05, 0) is 30.1 Å². The van der Waals surface area contributed by atoms with Crippen LogP contribution in [0.4, 0.5) is 0 Å². The average molecular weight is 126 g/mol. The molecule has 0 aromatic heterocycles. The monoisotopic (exact) mass is 126 g/mol. The zero-order valence-electron chi connectivity index (χ0n) is 7.07. The SMILES string of the molecule is CC1CC(C)(C)CC1C. The first-order valence-corrected chi connectivity index (χ1v) is 4.01. The summed E-state index contributed by atoms with van der Waals surface area (Å²) in [4.78, 5) is 0. The predicted octanol–water partition coefficient (Wildman–Crippen LogP) is 3.08. The fourth-order valence-electron chi connectivity index (χ4n) is 2.23. The second kappa shape index (κ2) is 2.00. The highest BCUT2D eigenvalue weighted by atomic mass is 14.4. The third-order valence-electron chi connectivity index (χ3n) is 2.72. The summed E-state index contributed by atoms with van der Waals surface area (Å²) in [5.41, 5.74) is 0.638. The molecule has 2 unspecified atom stereocenters. The van der Waals surface area contributed by atoms with Gasteiger partial charge in [-0.2, -0.15) is 0 Å². The first kappa shape index (κ1) is 7.11. The molecule has 0 heteroatoms. The Kier molecular flexibility index (Phi) is 1.58. The number of rotatable bonds is 0. The number of hydrogen-bond acceptors (Lipinski definition) is 0. The van der Waals surface area contributed by atoms with Crippen LogP contribution in [0, 0.1) is 17.3 Å². The van der Waals surface area contributed by atoms with Crippen LogP contribution in [-0.4, -0.2) is 0 Å². The minimum absolute atomic E-state index is 0.638. The Bertz CT molecular complexity index is 90.6. The molecular formula is C9H18. The van der Waals surface area contributed by atoms with Crippen LogP contribution in [0.2, 0.25) is 0 Å². The average Bonchev–Trinajstić information content (AvgIpc) is 1.79. The van der Waals surface area contributed by atoms with Crippen molar-refractivity contribution in [3.63, 3.8) is 0 Å². The van der Waals surface area contributed by atoms with E-state index >= 15 is 0 Å². The second-order valence-electron chi connectivity index (χ2n) is 4.53. The van der Waals surface area contributed by atoms with Gasteiger partial charge in [-0.3, -0.25) is 0 Å². The Balaban J connectivity index is 2.54. The molecule has 0 amide bonds.